The molecule has 1 atom stereocenters. The molecule has 0 saturated heterocycles. The lowest BCUT2D eigenvalue weighted by Crippen LogP contribution is -2.00. The molecule has 0 N–H and O–H groups in total. The molecule has 2 aromatic rings. The van der Waals surface area contributed by atoms with Crippen molar-refractivity contribution < 1.29 is 0 Å². The van der Waals surface area contributed by atoms with Gasteiger partial charge in [-0.05, 0) is 36.1 Å². The molecule has 0 saturated carbocycles. The first-order valence-corrected chi connectivity index (χ1v) is 9.16. The SMILES string of the molecule is CC1C=CC(c2cc(-c3ccc(Cl)cc3)nc(C3=CC=CCC=C3)n2)=C1. The number of rotatable bonds is 3. The third-order valence-corrected chi connectivity index (χ3v) is 4.68. The summed E-state index contributed by atoms with van der Waals surface area (Å²) in [5.41, 5.74) is 5.04. The van der Waals surface area contributed by atoms with Gasteiger partial charge in [0, 0.05) is 16.2 Å². The lowest BCUT2D eigenvalue weighted by atomic mass is 10.1. The summed E-state index contributed by atoms with van der Waals surface area (Å²) in [6.45, 7) is 2.17. The second-order valence-corrected chi connectivity index (χ2v) is 6.93. The van der Waals surface area contributed by atoms with E-state index >= 15 is 0 Å². The molecule has 1 aromatic carbocycles. The molecule has 3 heteroatoms. The minimum Gasteiger partial charge on any atom is -0.228 e. The van der Waals surface area contributed by atoms with Gasteiger partial charge in [0.2, 0.25) is 0 Å². The third-order valence-electron chi connectivity index (χ3n) is 4.42. The minimum absolute atomic E-state index is 0.433. The number of halogens is 1. The summed E-state index contributed by atoms with van der Waals surface area (Å²) in [6.07, 6.45) is 17.9. The van der Waals surface area contributed by atoms with Gasteiger partial charge in [0.25, 0.3) is 0 Å². The van der Waals surface area contributed by atoms with Crippen molar-refractivity contribution >= 4 is 22.7 Å². The van der Waals surface area contributed by atoms with E-state index < -0.39 is 0 Å². The van der Waals surface area contributed by atoms with Crippen LogP contribution in [0.1, 0.15) is 24.9 Å². The van der Waals surface area contributed by atoms with Gasteiger partial charge in [-0.25, -0.2) is 9.97 Å². The van der Waals surface area contributed by atoms with Crippen LogP contribution in [0.4, 0.5) is 0 Å². The van der Waals surface area contributed by atoms with Crippen molar-refractivity contribution in [1.29, 1.82) is 0 Å². The molecule has 0 radical (unpaired) electrons. The van der Waals surface area contributed by atoms with Crippen LogP contribution in [0.2, 0.25) is 5.02 Å². The van der Waals surface area contributed by atoms with Gasteiger partial charge in [-0.1, -0.05) is 79.3 Å². The molecule has 0 fully saturated rings. The summed E-state index contributed by atoms with van der Waals surface area (Å²) in [6, 6.07) is 9.83. The van der Waals surface area contributed by atoms with Crippen molar-refractivity contribution in [2.45, 2.75) is 13.3 Å². The van der Waals surface area contributed by atoms with E-state index in [0.717, 1.165) is 45.4 Å². The van der Waals surface area contributed by atoms with Gasteiger partial charge in [-0.15, -0.1) is 0 Å². The van der Waals surface area contributed by atoms with Crippen molar-refractivity contribution in [2.75, 3.05) is 0 Å². The van der Waals surface area contributed by atoms with Gasteiger partial charge in [0.05, 0.1) is 11.4 Å². The molecule has 26 heavy (non-hydrogen) atoms. The second kappa shape index (κ2) is 7.27. The first-order chi connectivity index (χ1) is 12.7. The number of nitrogens with zero attached hydrogens (tertiary/aromatic N) is 2. The van der Waals surface area contributed by atoms with E-state index in [4.69, 9.17) is 21.6 Å². The fourth-order valence-electron chi connectivity index (χ4n) is 3.04. The van der Waals surface area contributed by atoms with Crippen LogP contribution in [-0.4, -0.2) is 9.97 Å². The summed E-state index contributed by atoms with van der Waals surface area (Å²) < 4.78 is 0. The van der Waals surface area contributed by atoms with Crippen LogP contribution in [0, 0.1) is 5.92 Å². The van der Waals surface area contributed by atoms with Gasteiger partial charge in [0.1, 0.15) is 0 Å². The zero-order chi connectivity index (χ0) is 17.9. The van der Waals surface area contributed by atoms with Crippen LogP contribution in [0.5, 0.6) is 0 Å². The monoisotopic (exact) mass is 358 g/mol. The minimum atomic E-state index is 0.433. The molecular formula is C23H19ClN2. The maximum Gasteiger partial charge on any atom is 0.160 e. The van der Waals surface area contributed by atoms with E-state index in [9.17, 15) is 0 Å². The van der Waals surface area contributed by atoms with E-state index in [1.807, 2.05) is 24.3 Å². The largest absolute Gasteiger partial charge is 0.228 e. The molecule has 0 amide bonds. The van der Waals surface area contributed by atoms with E-state index in [-0.39, 0.29) is 0 Å². The Morgan fingerprint density at radius 1 is 0.962 bits per heavy atom. The Labute approximate surface area is 159 Å². The third kappa shape index (κ3) is 3.61. The standard InChI is InChI=1S/C23H19ClN2/c1-16-8-9-19(14-16)22-15-21(17-10-12-20(24)13-11-17)25-23(26-22)18-6-4-2-3-5-7-18/h2,4-16H,3H2,1H3. The summed E-state index contributed by atoms with van der Waals surface area (Å²) in [5.74, 6) is 1.17. The average molecular weight is 359 g/mol. The normalized spacial score (nSPS) is 18.6. The molecule has 0 spiro atoms. The molecule has 2 nitrogen and oxygen atoms in total. The highest BCUT2D eigenvalue weighted by Crippen LogP contribution is 2.29. The van der Waals surface area contributed by atoms with Gasteiger partial charge in [-0.3, -0.25) is 0 Å². The molecule has 128 valence electrons. The van der Waals surface area contributed by atoms with E-state index in [1.165, 1.54) is 0 Å². The van der Waals surface area contributed by atoms with Crippen LogP contribution < -0.4 is 0 Å². The van der Waals surface area contributed by atoms with Crippen molar-refractivity contribution in [3.63, 3.8) is 0 Å². The summed E-state index contributed by atoms with van der Waals surface area (Å²) in [4.78, 5) is 9.68. The summed E-state index contributed by atoms with van der Waals surface area (Å²) in [7, 11) is 0. The molecule has 1 unspecified atom stereocenters. The number of allylic oxidation sites excluding steroid dienone is 10. The fourth-order valence-corrected chi connectivity index (χ4v) is 3.17. The van der Waals surface area contributed by atoms with Crippen LogP contribution in [0.3, 0.4) is 0 Å². The number of benzene rings is 1. The zero-order valence-corrected chi connectivity index (χ0v) is 15.3. The first kappa shape index (κ1) is 16.7. The Kier molecular flexibility index (Phi) is 4.68. The summed E-state index contributed by atoms with van der Waals surface area (Å²) >= 11 is 6.04. The van der Waals surface area contributed by atoms with Crippen molar-refractivity contribution in [1.82, 2.24) is 9.97 Å². The highest BCUT2D eigenvalue weighted by Gasteiger charge is 2.14. The molecule has 1 heterocycles. The zero-order valence-electron chi connectivity index (χ0n) is 14.6. The van der Waals surface area contributed by atoms with Crippen molar-refractivity contribution in [3.8, 4) is 11.3 Å². The molecule has 2 aliphatic carbocycles. The van der Waals surface area contributed by atoms with Crippen LogP contribution in [-0.2, 0) is 0 Å². The van der Waals surface area contributed by atoms with E-state index in [0.29, 0.717) is 5.92 Å². The quantitative estimate of drug-likeness (QED) is 0.644. The van der Waals surface area contributed by atoms with Gasteiger partial charge in [-0.2, -0.15) is 0 Å². The van der Waals surface area contributed by atoms with Crippen LogP contribution in [0.25, 0.3) is 22.4 Å². The second-order valence-electron chi connectivity index (χ2n) is 6.50. The number of hydrogen-bond donors (Lipinski definition) is 0. The predicted molar refractivity (Wildman–Crippen MR) is 110 cm³/mol. The Morgan fingerprint density at radius 3 is 2.54 bits per heavy atom. The topological polar surface area (TPSA) is 25.8 Å². The molecule has 0 bridgehead atoms. The molecular weight excluding hydrogens is 340 g/mol. The lowest BCUT2D eigenvalue weighted by Gasteiger charge is -2.09. The van der Waals surface area contributed by atoms with E-state index in [2.05, 4.69) is 61.6 Å². The Hall–Kier alpha value is -2.71. The maximum atomic E-state index is 6.04. The highest BCUT2D eigenvalue weighted by atomic mass is 35.5. The van der Waals surface area contributed by atoms with Gasteiger partial charge >= 0.3 is 0 Å². The van der Waals surface area contributed by atoms with Crippen molar-refractivity contribution in [2.24, 2.45) is 5.92 Å². The maximum absolute atomic E-state index is 6.04. The smallest absolute Gasteiger partial charge is 0.160 e. The predicted octanol–water partition coefficient (Wildman–Crippen LogP) is 6.29. The molecule has 4 rings (SSSR count). The molecule has 0 aliphatic heterocycles. The Morgan fingerprint density at radius 2 is 1.77 bits per heavy atom. The van der Waals surface area contributed by atoms with E-state index in [1.54, 1.807) is 0 Å². The number of aromatic nitrogens is 2. The van der Waals surface area contributed by atoms with Crippen molar-refractivity contribution in [3.05, 3.63) is 95.5 Å². The fraction of sp³-hybridized carbons (Fsp3) is 0.130. The first-order valence-electron chi connectivity index (χ1n) is 8.78. The van der Waals surface area contributed by atoms with Crippen LogP contribution >= 0.6 is 11.6 Å². The highest BCUT2D eigenvalue weighted by molar-refractivity contribution is 6.30. The number of hydrogen-bond acceptors (Lipinski definition) is 2. The summed E-state index contributed by atoms with van der Waals surface area (Å²) in [5, 5.41) is 0.720. The molecule has 2 aliphatic rings. The van der Waals surface area contributed by atoms with Gasteiger partial charge < -0.3 is 0 Å². The average Bonchev–Trinajstić information content (AvgIpc) is 2.92. The molecule has 1 aromatic heterocycles. The Balaban J connectivity index is 1.86. The van der Waals surface area contributed by atoms with Crippen LogP contribution in [0.15, 0.2) is 78.9 Å². The Bertz CT molecular complexity index is 976. The lowest BCUT2D eigenvalue weighted by molar-refractivity contribution is 0.958. The van der Waals surface area contributed by atoms with Gasteiger partial charge in [0.15, 0.2) is 5.82 Å².